The standard InChI is InChI=1S/C17H34O5S.Na.H/c1-4-17(23(19,20)21)22-16(18)14-12-10-8-6-5-7-9-11-13-15(2)3;;/h15,17H,4-14H2,1-3H3,(H,19,20,21);;/q;+1;-1. The van der Waals surface area contributed by atoms with Gasteiger partial charge in [-0.15, -0.1) is 0 Å². The molecule has 1 unspecified atom stereocenters. The SMILES string of the molecule is CCC(OC(=O)CCCCCCCCCCC(C)C)S(=O)(=O)O.[H-].[Na+]. The van der Waals surface area contributed by atoms with Crippen molar-refractivity contribution in [2.75, 3.05) is 0 Å². The molecular weight excluding hydrogens is 339 g/mol. The second-order valence-corrected chi connectivity index (χ2v) is 8.16. The van der Waals surface area contributed by atoms with Crippen LogP contribution in [0.4, 0.5) is 0 Å². The van der Waals surface area contributed by atoms with E-state index in [1.54, 1.807) is 6.92 Å². The molecule has 0 rings (SSSR count). The van der Waals surface area contributed by atoms with Crippen LogP contribution < -0.4 is 29.6 Å². The maximum atomic E-state index is 11.5. The van der Waals surface area contributed by atoms with E-state index in [0.29, 0.717) is 6.42 Å². The van der Waals surface area contributed by atoms with Gasteiger partial charge in [-0.2, -0.15) is 8.42 Å². The van der Waals surface area contributed by atoms with Crippen molar-refractivity contribution < 1.29 is 53.5 Å². The van der Waals surface area contributed by atoms with Crippen molar-refractivity contribution in [2.24, 2.45) is 5.92 Å². The molecule has 1 N–H and O–H groups in total. The topological polar surface area (TPSA) is 80.7 Å². The van der Waals surface area contributed by atoms with Gasteiger partial charge in [0.2, 0.25) is 5.44 Å². The summed E-state index contributed by atoms with van der Waals surface area (Å²) in [7, 11) is -4.31. The Labute approximate surface area is 171 Å². The Morgan fingerprint density at radius 2 is 1.46 bits per heavy atom. The zero-order valence-electron chi connectivity index (χ0n) is 16.9. The van der Waals surface area contributed by atoms with E-state index >= 15 is 0 Å². The summed E-state index contributed by atoms with van der Waals surface area (Å²) in [6.45, 7) is 6.06. The predicted molar refractivity (Wildman–Crippen MR) is 93.8 cm³/mol. The van der Waals surface area contributed by atoms with Gasteiger partial charge in [-0.1, -0.05) is 72.1 Å². The predicted octanol–water partition coefficient (Wildman–Crippen LogP) is 1.83. The van der Waals surface area contributed by atoms with E-state index in [4.69, 9.17) is 9.29 Å². The smallest absolute Gasteiger partial charge is 1.00 e. The van der Waals surface area contributed by atoms with Gasteiger partial charge in [-0.05, 0) is 18.8 Å². The van der Waals surface area contributed by atoms with E-state index in [2.05, 4.69) is 13.8 Å². The van der Waals surface area contributed by atoms with Crippen LogP contribution in [-0.4, -0.2) is 24.4 Å². The van der Waals surface area contributed by atoms with Crippen LogP contribution in [0.3, 0.4) is 0 Å². The number of rotatable bonds is 14. The van der Waals surface area contributed by atoms with Crippen LogP contribution in [0.2, 0.25) is 0 Å². The maximum Gasteiger partial charge on any atom is 1.00 e. The fraction of sp³-hybridized carbons (Fsp3) is 0.941. The summed E-state index contributed by atoms with van der Waals surface area (Å²) < 4.78 is 35.5. The molecule has 1 atom stereocenters. The monoisotopic (exact) mass is 374 g/mol. The third-order valence-corrected chi connectivity index (χ3v) is 4.93. The van der Waals surface area contributed by atoms with Crippen LogP contribution in [-0.2, 0) is 19.6 Å². The molecule has 0 aromatic rings. The van der Waals surface area contributed by atoms with Gasteiger partial charge < -0.3 is 6.16 Å². The zero-order chi connectivity index (χ0) is 17.7. The molecule has 0 aromatic carbocycles. The number of unbranched alkanes of at least 4 members (excludes halogenated alkanes) is 7. The number of ether oxygens (including phenoxy) is 1. The molecule has 0 amide bonds. The van der Waals surface area contributed by atoms with Gasteiger partial charge >= 0.3 is 45.6 Å². The minimum Gasteiger partial charge on any atom is -1.00 e. The maximum absolute atomic E-state index is 11.5. The third kappa shape index (κ3) is 15.9. The molecule has 0 fully saturated rings. The molecule has 0 saturated heterocycles. The van der Waals surface area contributed by atoms with Gasteiger partial charge in [0.15, 0.2) is 0 Å². The Morgan fingerprint density at radius 1 is 1.00 bits per heavy atom. The van der Waals surface area contributed by atoms with E-state index in [1.165, 1.54) is 38.5 Å². The first-order valence-electron chi connectivity index (χ1n) is 8.93. The van der Waals surface area contributed by atoms with E-state index < -0.39 is 21.5 Å². The summed E-state index contributed by atoms with van der Waals surface area (Å²) in [6, 6.07) is 0. The molecule has 140 valence electrons. The normalized spacial score (nSPS) is 12.7. The van der Waals surface area contributed by atoms with E-state index in [-0.39, 0.29) is 43.8 Å². The Kier molecular flexibility index (Phi) is 17.3. The van der Waals surface area contributed by atoms with Crippen LogP contribution in [0.25, 0.3) is 0 Å². The molecular formula is C17H35NaO5S. The molecule has 5 nitrogen and oxygen atoms in total. The second kappa shape index (κ2) is 15.6. The summed E-state index contributed by atoms with van der Waals surface area (Å²) in [6.07, 6.45) is 10.6. The second-order valence-electron chi connectivity index (χ2n) is 6.60. The summed E-state index contributed by atoms with van der Waals surface area (Å²) in [5.41, 5.74) is -1.43. The van der Waals surface area contributed by atoms with Crippen LogP contribution in [0, 0.1) is 5.92 Å². The molecule has 0 saturated carbocycles. The molecule has 7 heteroatoms. The van der Waals surface area contributed by atoms with E-state index in [0.717, 1.165) is 18.8 Å². The number of esters is 1. The van der Waals surface area contributed by atoms with Crippen LogP contribution >= 0.6 is 0 Å². The van der Waals surface area contributed by atoms with Gasteiger partial charge in [-0.3, -0.25) is 9.35 Å². The van der Waals surface area contributed by atoms with Gasteiger partial charge in [0.05, 0.1) is 0 Å². The Balaban J connectivity index is -0.00000242. The van der Waals surface area contributed by atoms with Gasteiger partial charge in [0.25, 0.3) is 0 Å². The quantitative estimate of drug-likeness (QED) is 0.217. The molecule has 0 aromatic heterocycles. The first-order valence-corrected chi connectivity index (χ1v) is 10.4. The van der Waals surface area contributed by atoms with Crippen molar-refractivity contribution >= 4 is 16.1 Å². The fourth-order valence-electron chi connectivity index (χ4n) is 2.44. The summed E-state index contributed by atoms with van der Waals surface area (Å²) in [4.78, 5) is 11.5. The molecule has 24 heavy (non-hydrogen) atoms. The van der Waals surface area contributed by atoms with Crippen LogP contribution in [0.5, 0.6) is 0 Å². The summed E-state index contributed by atoms with van der Waals surface area (Å²) >= 11 is 0. The minimum atomic E-state index is -4.31. The fourth-order valence-corrected chi connectivity index (χ4v) is 3.09. The molecule has 0 bridgehead atoms. The molecule has 0 heterocycles. The zero-order valence-corrected chi connectivity index (χ0v) is 18.7. The molecule has 0 aliphatic carbocycles. The Bertz CT molecular complexity index is 415. The third-order valence-electron chi connectivity index (χ3n) is 3.84. The first kappa shape index (κ1) is 26.6. The largest absolute Gasteiger partial charge is 1.00 e. The first-order chi connectivity index (χ1) is 10.8. The molecule has 0 aliphatic heterocycles. The van der Waals surface area contributed by atoms with Crippen molar-refractivity contribution in [2.45, 2.75) is 96.8 Å². The van der Waals surface area contributed by atoms with Crippen molar-refractivity contribution in [1.82, 2.24) is 0 Å². The average molecular weight is 375 g/mol. The van der Waals surface area contributed by atoms with Gasteiger partial charge in [0.1, 0.15) is 0 Å². The number of carbonyl (C=O) groups is 1. The van der Waals surface area contributed by atoms with Crippen LogP contribution in [0.15, 0.2) is 0 Å². The van der Waals surface area contributed by atoms with Gasteiger partial charge in [0, 0.05) is 6.42 Å². The van der Waals surface area contributed by atoms with Crippen molar-refractivity contribution in [3.05, 3.63) is 0 Å². The van der Waals surface area contributed by atoms with Crippen molar-refractivity contribution in [1.29, 1.82) is 0 Å². The van der Waals surface area contributed by atoms with Crippen LogP contribution in [0.1, 0.15) is 92.8 Å². The van der Waals surface area contributed by atoms with Crippen molar-refractivity contribution in [3.8, 4) is 0 Å². The molecule has 0 aliphatic rings. The number of hydrogen-bond acceptors (Lipinski definition) is 4. The Hall–Kier alpha value is 0.380. The number of carbonyl (C=O) groups excluding carboxylic acids is 1. The van der Waals surface area contributed by atoms with Crippen molar-refractivity contribution in [3.63, 3.8) is 0 Å². The minimum absolute atomic E-state index is 0. The summed E-state index contributed by atoms with van der Waals surface area (Å²) in [5.74, 6) is 0.242. The number of hydrogen-bond donors (Lipinski definition) is 1. The summed E-state index contributed by atoms with van der Waals surface area (Å²) in [5, 5.41) is 0. The van der Waals surface area contributed by atoms with Gasteiger partial charge in [-0.25, -0.2) is 0 Å². The molecule has 0 spiro atoms. The van der Waals surface area contributed by atoms with E-state index in [9.17, 15) is 13.2 Å². The van der Waals surface area contributed by atoms with E-state index in [1.807, 2.05) is 0 Å². The molecule has 0 radical (unpaired) electrons. The Morgan fingerprint density at radius 3 is 1.88 bits per heavy atom. The average Bonchev–Trinajstić information content (AvgIpc) is 2.45.